The highest BCUT2D eigenvalue weighted by Crippen LogP contribution is 2.05. The standard InChI is InChI=1S/C6H3ClN2O2/c7-5-2-1-4(3-8-5)6(10)9-11/h1-3H. The molecule has 0 unspecified atom stereocenters. The number of carbonyl (C=O) groups is 1. The number of nitroso groups, excluding NO2 is 1. The molecule has 4 nitrogen and oxygen atoms in total. The van der Waals surface area contributed by atoms with Crippen LogP contribution in [0.5, 0.6) is 0 Å². The number of amides is 1. The lowest BCUT2D eigenvalue weighted by molar-refractivity contribution is 0.100. The van der Waals surface area contributed by atoms with Gasteiger partial charge in [-0.3, -0.25) is 4.79 Å². The van der Waals surface area contributed by atoms with Crippen molar-refractivity contribution < 1.29 is 4.79 Å². The lowest BCUT2D eigenvalue weighted by Gasteiger charge is -1.90. The summed E-state index contributed by atoms with van der Waals surface area (Å²) in [7, 11) is 0. The average molecular weight is 171 g/mol. The van der Waals surface area contributed by atoms with Gasteiger partial charge in [-0.15, -0.1) is 4.91 Å². The van der Waals surface area contributed by atoms with Gasteiger partial charge in [-0.1, -0.05) is 11.6 Å². The van der Waals surface area contributed by atoms with E-state index in [1.807, 2.05) is 0 Å². The number of nitrogens with zero attached hydrogens (tertiary/aromatic N) is 2. The molecular weight excluding hydrogens is 168 g/mol. The Kier molecular flexibility index (Phi) is 2.28. The highest BCUT2D eigenvalue weighted by atomic mass is 35.5. The van der Waals surface area contributed by atoms with Gasteiger partial charge in [0.2, 0.25) is 0 Å². The summed E-state index contributed by atoms with van der Waals surface area (Å²) in [6.45, 7) is 0. The third-order valence-corrected chi connectivity index (χ3v) is 1.28. The van der Waals surface area contributed by atoms with Crippen LogP contribution in [0.1, 0.15) is 10.4 Å². The maximum atomic E-state index is 10.6. The lowest BCUT2D eigenvalue weighted by atomic mass is 10.3. The Hall–Kier alpha value is -1.29. The molecule has 0 aliphatic carbocycles. The summed E-state index contributed by atoms with van der Waals surface area (Å²) in [4.78, 5) is 23.9. The molecule has 0 aliphatic rings. The second-order valence-electron chi connectivity index (χ2n) is 1.77. The molecule has 1 aromatic heterocycles. The van der Waals surface area contributed by atoms with E-state index in [1.54, 1.807) is 0 Å². The summed E-state index contributed by atoms with van der Waals surface area (Å²) < 4.78 is 0. The number of hydrogen-bond acceptors (Lipinski definition) is 3. The quantitative estimate of drug-likeness (QED) is 0.476. The first-order valence-corrected chi connectivity index (χ1v) is 3.11. The zero-order chi connectivity index (χ0) is 8.27. The Morgan fingerprint density at radius 2 is 2.27 bits per heavy atom. The van der Waals surface area contributed by atoms with Crippen molar-refractivity contribution in [1.29, 1.82) is 0 Å². The number of rotatable bonds is 1. The van der Waals surface area contributed by atoms with Crippen LogP contribution in [-0.2, 0) is 0 Å². The zero-order valence-electron chi connectivity index (χ0n) is 5.32. The van der Waals surface area contributed by atoms with E-state index in [-0.39, 0.29) is 10.7 Å². The Labute approximate surface area is 67.2 Å². The number of pyridine rings is 1. The van der Waals surface area contributed by atoms with Gasteiger partial charge in [0.05, 0.1) is 5.56 Å². The van der Waals surface area contributed by atoms with Crippen molar-refractivity contribution in [3.8, 4) is 0 Å². The summed E-state index contributed by atoms with van der Waals surface area (Å²) in [6, 6.07) is 2.80. The van der Waals surface area contributed by atoms with E-state index < -0.39 is 5.91 Å². The molecule has 0 atom stereocenters. The molecule has 1 rings (SSSR count). The fourth-order valence-electron chi connectivity index (χ4n) is 0.555. The minimum atomic E-state index is -0.839. The SMILES string of the molecule is O=NC(=O)c1ccc(Cl)nc1. The fraction of sp³-hybridized carbons (Fsp3) is 0. The minimum Gasteiger partial charge on any atom is -0.263 e. The van der Waals surface area contributed by atoms with Gasteiger partial charge < -0.3 is 0 Å². The Morgan fingerprint density at radius 1 is 1.55 bits per heavy atom. The van der Waals surface area contributed by atoms with Crippen molar-refractivity contribution in [2.45, 2.75) is 0 Å². The van der Waals surface area contributed by atoms with Crippen LogP contribution in [0.4, 0.5) is 0 Å². The molecule has 0 N–H and O–H groups in total. The highest BCUT2D eigenvalue weighted by Gasteiger charge is 2.04. The maximum absolute atomic E-state index is 10.6. The zero-order valence-corrected chi connectivity index (χ0v) is 6.08. The molecule has 1 heterocycles. The molecule has 11 heavy (non-hydrogen) atoms. The second kappa shape index (κ2) is 3.21. The predicted octanol–water partition coefficient (Wildman–Crippen LogP) is 1.64. The number of halogens is 1. The van der Waals surface area contributed by atoms with Crippen molar-refractivity contribution in [3.05, 3.63) is 34.0 Å². The van der Waals surface area contributed by atoms with Crippen LogP contribution in [0.2, 0.25) is 5.15 Å². The molecule has 56 valence electrons. The smallest absolute Gasteiger partial charge is 0.263 e. The van der Waals surface area contributed by atoms with Crippen molar-refractivity contribution in [3.63, 3.8) is 0 Å². The van der Waals surface area contributed by atoms with Crippen LogP contribution in [-0.4, -0.2) is 10.9 Å². The van der Waals surface area contributed by atoms with E-state index in [2.05, 4.69) is 10.2 Å². The van der Waals surface area contributed by atoms with Crippen molar-refractivity contribution >= 4 is 17.5 Å². The van der Waals surface area contributed by atoms with Crippen molar-refractivity contribution in [1.82, 2.24) is 4.98 Å². The first-order chi connectivity index (χ1) is 5.24. The summed E-state index contributed by atoms with van der Waals surface area (Å²) in [5, 5.41) is 2.49. The van der Waals surface area contributed by atoms with Crippen LogP contribution >= 0.6 is 11.6 Å². The number of carbonyl (C=O) groups excluding carboxylic acids is 1. The molecule has 0 saturated carbocycles. The van der Waals surface area contributed by atoms with E-state index in [0.717, 1.165) is 0 Å². The van der Waals surface area contributed by atoms with Gasteiger partial charge in [-0.05, 0) is 12.1 Å². The first kappa shape index (κ1) is 7.81. The van der Waals surface area contributed by atoms with Gasteiger partial charge >= 0.3 is 5.91 Å². The lowest BCUT2D eigenvalue weighted by Crippen LogP contribution is -1.93. The summed E-state index contributed by atoms with van der Waals surface area (Å²) in [5.41, 5.74) is 0.143. The van der Waals surface area contributed by atoms with Crippen LogP contribution in [0.15, 0.2) is 23.5 Å². The summed E-state index contributed by atoms with van der Waals surface area (Å²) >= 11 is 5.43. The third kappa shape index (κ3) is 1.81. The second-order valence-corrected chi connectivity index (χ2v) is 2.15. The first-order valence-electron chi connectivity index (χ1n) is 2.73. The van der Waals surface area contributed by atoms with Gasteiger partial charge in [-0.25, -0.2) is 4.98 Å². The molecule has 5 heteroatoms. The summed E-state index contributed by atoms with van der Waals surface area (Å²) in [6.07, 6.45) is 1.20. The van der Waals surface area contributed by atoms with Crippen LogP contribution in [0.3, 0.4) is 0 Å². The molecule has 0 radical (unpaired) electrons. The van der Waals surface area contributed by atoms with Gasteiger partial charge in [0.15, 0.2) is 0 Å². The molecule has 1 aromatic rings. The van der Waals surface area contributed by atoms with Crippen molar-refractivity contribution in [2.24, 2.45) is 5.18 Å². The van der Waals surface area contributed by atoms with Gasteiger partial charge in [-0.2, -0.15) is 0 Å². The minimum absolute atomic E-state index is 0.143. The normalized spacial score (nSPS) is 9.18. The monoisotopic (exact) mass is 170 g/mol. The van der Waals surface area contributed by atoms with Gasteiger partial charge in [0.1, 0.15) is 5.15 Å². The van der Waals surface area contributed by atoms with Gasteiger partial charge in [0, 0.05) is 11.4 Å². The van der Waals surface area contributed by atoms with E-state index in [1.165, 1.54) is 18.3 Å². The third-order valence-electron chi connectivity index (χ3n) is 1.06. The largest absolute Gasteiger partial charge is 0.318 e. The Balaban J connectivity index is 2.98. The Morgan fingerprint density at radius 3 is 2.73 bits per heavy atom. The van der Waals surface area contributed by atoms with Gasteiger partial charge in [0.25, 0.3) is 0 Å². The number of hydrogen-bond donors (Lipinski definition) is 0. The van der Waals surface area contributed by atoms with Crippen LogP contribution in [0, 0.1) is 4.91 Å². The fourth-order valence-corrected chi connectivity index (χ4v) is 0.667. The van der Waals surface area contributed by atoms with E-state index in [0.29, 0.717) is 0 Å². The molecule has 0 saturated heterocycles. The van der Waals surface area contributed by atoms with E-state index >= 15 is 0 Å². The van der Waals surface area contributed by atoms with Crippen molar-refractivity contribution in [2.75, 3.05) is 0 Å². The highest BCUT2D eigenvalue weighted by molar-refractivity contribution is 6.29. The molecule has 0 fully saturated rings. The van der Waals surface area contributed by atoms with E-state index in [4.69, 9.17) is 11.6 Å². The molecule has 0 aliphatic heterocycles. The molecular formula is C6H3ClN2O2. The average Bonchev–Trinajstić information content (AvgIpc) is 2.05. The molecule has 0 spiro atoms. The maximum Gasteiger partial charge on any atom is 0.318 e. The van der Waals surface area contributed by atoms with E-state index in [9.17, 15) is 9.70 Å². The molecule has 0 bridgehead atoms. The molecule has 0 aromatic carbocycles. The predicted molar refractivity (Wildman–Crippen MR) is 39.4 cm³/mol. The van der Waals surface area contributed by atoms with Crippen LogP contribution in [0.25, 0.3) is 0 Å². The topological polar surface area (TPSA) is 59.4 Å². The van der Waals surface area contributed by atoms with Crippen LogP contribution < -0.4 is 0 Å². The Bertz CT molecular complexity index is 283. The summed E-state index contributed by atoms with van der Waals surface area (Å²) in [5.74, 6) is -0.839. The molecule has 1 amide bonds. The number of aromatic nitrogens is 1.